The molecule has 0 amide bonds. The Morgan fingerprint density at radius 1 is 1.59 bits per heavy atom. The van der Waals surface area contributed by atoms with Crippen LogP contribution in [0.25, 0.3) is 0 Å². The maximum absolute atomic E-state index is 10.7. The van der Waals surface area contributed by atoms with E-state index in [2.05, 4.69) is 15.3 Å². The second-order valence-electron chi connectivity index (χ2n) is 5.57. The summed E-state index contributed by atoms with van der Waals surface area (Å²) in [4.78, 5) is 7.02. The summed E-state index contributed by atoms with van der Waals surface area (Å²) in [6.07, 6.45) is 5.15. The number of aryl methyl sites for hydroxylation is 1. The van der Waals surface area contributed by atoms with Crippen LogP contribution in [-0.4, -0.2) is 39.7 Å². The first-order valence-corrected chi connectivity index (χ1v) is 7.40. The van der Waals surface area contributed by atoms with Gasteiger partial charge in [0.05, 0.1) is 10.6 Å². The smallest absolute Gasteiger partial charge is 0.0956 e. The number of rotatable bonds is 2. The minimum Gasteiger partial charge on any atom is -0.389 e. The number of hydrogen-bond acceptors (Lipinski definition) is 4. The number of thiazole rings is 1. The van der Waals surface area contributed by atoms with Gasteiger partial charge in [0.25, 0.3) is 0 Å². The van der Waals surface area contributed by atoms with Crippen molar-refractivity contribution in [2.75, 3.05) is 13.1 Å². The molecule has 2 saturated heterocycles. The number of aromatic nitrogens is 1. The molecule has 3 heterocycles. The van der Waals surface area contributed by atoms with Gasteiger partial charge in [-0.25, -0.2) is 4.98 Å². The fourth-order valence-corrected chi connectivity index (χ4v) is 4.15. The Labute approximate surface area is 106 Å². The van der Waals surface area contributed by atoms with E-state index < -0.39 is 5.60 Å². The average Bonchev–Trinajstić information content (AvgIpc) is 2.86. The molecule has 0 aliphatic carbocycles. The summed E-state index contributed by atoms with van der Waals surface area (Å²) in [7, 11) is 0. The van der Waals surface area contributed by atoms with Crippen molar-refractivity contribution in [1.82, 2.24) is 9.88 Å². The Morgan fingerprint density at radius 3 is 3.24 bits per heavy atom. The van der Waals surface area contributed by atoms with Gasteiger partial charge < -0.3 is 10.0 Å². The van der Waals surface area contributed by atoms with Crippen LogP contribution in [0, 0.1) is 6.92 Å². The Morgan fingerprint density at radius 2 is 2.47 bits per heavy atom. The van der Waals surface area contributed by atoms with E-state index in [-0.39, 0.29) is 0 Å². The second kappa shape index (κ2) is 4.34. The molecule has 17 heavy (non-hydrogen) atoms. The zero-order valence-corrected chi connectivity index (χ0v) is 11.2. The number of fused-ring (bicyclic) bond motifs is 1. The zero-order chi connectivity index (χ0) is 11.9. The van der Waals surface area contributed by atoms with Crippen molar-refractivity contribution < 1.29 is 5.11 Å². The highest BCUT2D eigenvalue weighted by atomic mass is 32.1. The van der Waals surface area contributed by atoms with Crippen LogP contribution >= 0.6 is 11.3 Å². The predicted molar refractivity (Wildman–Crippen MR) is 69.3 cm³/mol. The Balaban J connectivity index is 1.69. The van der Waals surface area contributed by atoms with Crippen LogP contribution in [-0.2, 0) is 6.42 Å². The van der Waals surface area contributed by atoms with Gasteiger partial charge >= 0.3 is 0 Å². The number of nitrogens with zero attached hydrogens (tertiary/aromatic N) is 2. The first-order chi connectivity index (χ1) is 8.15. The van der Waals surface area contributed by atoms with Crippen molar-refractivity contribution in [1.29, 1.82) is 0 Å². The summed E-state index contributed by atoms with van der Waals surface area (Å²) < 4.78 is 0. The lowest BCUT2D eigenvalue weighted by atomic mass is 9.84. The van der Waals surface area contributed by atoms with E-state index in [9.17, 15) is 5.11 Å². The van der Waals surface area contributed by atoms with Crippen molar-refractivity contribution in [3.8, 4) is 0 Å². The summed E-state index contributed by atoms with van der Waals surface area (Å²) in [5.74, 6) is 0. The molecule has 1 N–H and O–H groups in total. The van der Waals surface area contributed by atoms with Crippen LogP contribution in [0.2, 0.25) is 0 Å². The van der Waals surface area contributed by atoms with Crippen LogP contribution in [0.3, 0.4) is 0 Å². The van der Waals surface area contributed by atoms with E-state index >= 15 is 0 Å². The van der Waals surface area contributed by atoms with E-state index in [0.717, 1.165) is 36.5 Å². The molecule has 3 nitrogen and oxygen atoms in total. The molecule has 3 rings (SSSR count). The molecule has 0 aromatic carbocycles. The highest BCUT2D eigenvalue weighted by molar-refractivity contribution is 7.09. The third-order valence-corrected chi connectivity index (χ3v) is 5.09. The SMILES string of the molecule is Cc1csc(CC2(O)CCN3CCCC3C2)n1. The van der Waals surface area contributed by atoms with Gasteiger partial charge in [-0.2, -0.15) is 0 Å². The molecule has 2 aliphatic rings. The van der Waals surface area contributed by atoms with Gasteiger partial charge in [0, 0.05) is 30.1 Å². The molecule has 2 fully saturated rings. The summed E-state index contributed by atoms with van der Waals surface area (Å²) in [5.41, 5.74) is 0.572. The highest BCUT2D eigenvalue weighted by Crippen LogP contribution is 2.35. The second-order valence-corrected chi connectivity index (χ2v) is 6.51. The third-order valence-electron chi connectivity index (χ3n) is 4.13. The minimum atomic E-state index is -0.504. The lowest BCUT2D eigenvalue weighted by Gasteiger charge is -2.40. The van der Waals surface area contributed by atoms with Gasteiger partial charge in [-0.3, -0.25) is 0 Å². The van der Waals surface area contributed by atoms with Crippen molar-refractivity contribution in [2.45, 2.75) is 50.7 Å². The third kappa shape index (κ3) is 2.39. The molecule has 1 aromatic heterocycles. The maximum Gasteiger partial charge on any atom is 0.0956 e. The first-order valence-electron chi connectivity index (χ1n) is 6.52. The van der Waals surface area contributed by atoms with E-state index in [1.807, 2.05) is 6.92 Å². The molecule has 0 radical (unpaired) electrons. The largest absolute Gasteiger partial charge is 0.389 e. The van der Waals surface area contributed by atoms with Crippen LogP contribution in [0.5, 0.6) is 0 Å². The normalized spacial score (nSPS) is 33.9. The zero-order valence-electron chi connectivity index (χ0n) is 10.4. The fourth-order valence-electron chi connectivity index (χ4n) is 3.24. The van der Waals surface area contributed by atoms with E-state index in [1.54, 1.807) is 11.3 Å². The molecule has 94 valence electrons. The summed E-state index contributed by atoms with van der Waals surface area (Å²) in [6, 6.07) is 0.620. The summed E-state index contributed by atoms with van der Waals surface area (Å²) in [6.45, 7) is 4.31. The Hall–Kier alpha value is -0.450. The van der Waals surface area contributed by atoms with Crippen molar-refractivity contribution in [3.63, 3.8) is 0 Å². The van der Waals surface area contributed by atoms with Crippen molar-refractivity contribution in [2.24, 2.45) is 0 Å². The first kappa shape index (κ1) is 11.6. The Kier molecular flexibility index (Phi) is 2.97. The molecule has 2 aliphatic heterocycles. The monoisotopic (exact) mass is 252 g/mol. The van der Waals surface area contributed by atoms with E-state index in [1.165, 1.54) is 19.4 Å². The molecular formula is C13H20N2OS. The fraction of sp³-hybridized carbons (Fsp3) is 0.769. The van der Waals surface area contributed by atoms with E-state index in [4.69, 9.17) is 0 Å². The molecule has 0 bridgehead atoms. The van der Waals surface area contributed by atoms with E-state index in [0.29, 0.717) is 6.04 Å². The molecule has 4 heteroatoms. The minimum absolute atomic E-state index is 0.504. The summed E-state index contributed by atoms with van der Waals surface area (Å²) >= 11 is 1.68. The quantitative estimate of drug-likeness (QED) is 0.874. The van der Waals surface area contributed by atoms with Gasteiger partial charge in [-0.05, 0) is 39.2 Å². The topological polar surface area (TPSA) is 36.4 Å². The lowest BCUT2D eigenvalue weighted by Crippen LogP contribution is -2.48. The average molecular weight is 252 g/mol. The van der Waals surface area contributed by atoms with Crippen molar-refractivity contribution >= 4 is 11.3 Å². The molecule has 0 saturated carbocycles. The maximum atomic E-state index is 10.7. The highest BCUT2D eigenvalue weighted by Gasteiger charge is 2.40. The van der Waals surface area contributed by atoms with Crippen LogP contribution in [0.15, 0.2) is 5.38 Å². The van der Waals surface area contributed by atoms with Gasteiger partial charge in [-0.15, -0.1) is 11.3 Å². The van der Waals surface area contributed by atoms with Gasteiger partial charge in [0.1, 0.15) is 0 Å². The van der Waals surface area contributed by atoms with Crippen LogP contribution < -0.4 is 0 Å². The number of hydrogen-bond donors (Lipinski definition) is 1. The van der Waals surface area contributed by atoms with Crippen LogP contribution in [0.4, 0.5) is 0 Å². The van der Waals surface area contributed by atoms with Crippen LogP contribution in [0.1, 0.15) is 36.4 Å². The lowest BCUT2D eigenvalue weighted by molar-refractivity contribution is -0.0354. The number of aliphatic hydroxyl groups is 1. The molecule has 2 atom stereocenters. The standard InChI is InChI=1S/C13H20N2OS/c1-10-9-17-12(14-10)8-13(16)4-6-15-5-2-3-11(15)7-13/h9,11,16H,2-8H2,1H3. The summed E-state index contributed by atoms with van der Waals surface area (Å²) in [5, 5.41) is 13.9. The Bertz CT molecular complexity index is 406. The predicted octanol–water partition coefficient (Wildman–Crippen LogP) is 1.98. The molecule has 2 unspecified atom stereocenters. The molecular weight excluding hydrogens is 232 g/mol. The molecule has 0 spiro atoms. The van der Waals surface area contributed by atoms with Crippen molar-refractivity contribution in [3.05, 3.63) is 16.1 Å². The van der Waals surface area contributed by atoms with Gasteiger partial charge in [0.15, 0.2) is 0 Å². The molecule has 1 aromatic rings. The van der Waals surface area contributed by atoms with Gasteiger partial charge in [-0.1, -0.05) is 0 Å². The number of piperidine rings is 1. The van der Waals surface area contributed by atoms with Gasteiger partial charge in [0.2, 0.25) is 0 Å².